The summed E-state index contributed by atoms with van der Waals surface area (Å²) in [6.45, 7) is 0. The Morgan fingerprint density at radius 2 is 1.75 bits per heavy atom. The van der Waals surface area contributed by atoms with Gasteiger partial charge < -0.3 is 0 Å². The Labute approximate surface area is 71.6 Å². The molecule has 0 fully saturated rings. The van der Waals surface area contributed by atoms with Gasteiger partial charge in [0, 0.05) is 0 Å². The molecular formula is C6H6F3NP2. The lowest BCUT2D eigenvalue weighted by Gasteiger charge is -2.16. The average molecular weight is 211 g/mol. The standard InChI is InChI=1S/C6H6F3NP2/c7-11-10(12(8)9)6-4-2-1-3-5-6/h1-5,11H. The van der Waals surface area contributed by atoms with Crippen molar-refractivity contribution in [2.75, 3.05) is 4.44 Å². The Hall–Kier alpha value is -0.330. The van der Waals surface area contributed by atoms with Crippen LogP contribution in [0.3, 0.4) is 0 Å². The smallest absolute Gasteiger partial charge is 0.252 e. The minimum Gasteiger partial charge on any atom is -0.252 e. The van der Waals surface area contributed by atoms with Crippen LogP contribution in [0.2, 0.25) is 0 Å². The number of nitrogens with zero attached hydrogens (tertiary/aromatic N) is 1. The summed E-state index contributed by atoms with van der Waals surface area (Å²) in [5.41, 5.74) is 0.231. The Kier molecular flexibility index (Phi) is 3.77. The Balaban J connectivity index is 2.80. The van der Waals surface area contributed by atoms with Gasteiger partial charge in [-0.15, -0.1) is 0 Å². The number of rotatable bonds is 3. The second-order valence-electron chi connectivity index (χ2n) is 1.95. The third-order valence-electron chi connectivity index (χ3n) is 1.23. The van der Waals surface area contributed by atoms with E-state index in [9.17, 15) is 12.6 Å². The quantitative estimate of drug-likeness (QED) is 0.679. The summed E-state index contributed by atoms with van der Waals surface area (Å²) >= 11 is 0. The monoisotopic (exact) mass is 211 g/mol. The molecule has 0 aliphatic heterocycles. The van der Waals surface area contributed by atoms with Crippen molar-refractivity contribution >= 4 is 23.4 Å². The van der Waals surface area contributed by atoms with Crippen molar-refractivity contribution in [3.63, 3.8) is 0 Å². The third-order valence-corrected chi connectivity index (χ3v) is 2.86. The van der Waals surface area contributed by atoms with Crippen LogP contribution in [0.25, 0.3) is 0 Å². The molecule has 0 aliphatic rings. The van der Waals surface area contributed by atoms with E-state index in [1.54, 1.807) is 18.2 Å². The molecule has 0 spiro atoms. The molecule has 66 valence electrons. The second kappa shape index (κ2) is 4.64. The van der Waals surface area contributed by atoms with Gasteiger partial charge in [0.05, 0.1) is 5.69 Å². The van der Waals surface area contributed by atoms with Crippen LogP contribution >= 0.6 is 17.7 Å². The number of hydrogen-bond acceptors (Lipinski definition) is 1. The fourth-order valence-electron chi connectivity index (χ4n) is 0.734. The van der Waals surface area contributed by atoms with Gasteiger partial charge in [-0.1, -0.05) is 18.2 Å². The van der Waals surface area contributed by atoms with Gasteiger partial charge in [-0.3, -0.25) is 4.44 Å². The van der Waals surface area contributed by atoms with Crippen molar-refractivity contribution in [2.24, 2.45) is 0 Å². The third kappa shape index (κ3) is 2.33. The first-order valence-electron chi connectivity index (χ1n) is 3.08. The van der Waals surface area contributed by atoms with Crippen molar-refractivity contribution in [1.82, 2.24) is 0 Å². The summed E-state index contributed by atoms with van der Waals surface area (Å²) in [6, 6.07) is 7.81. The summed E-state index contributed by atoms with van der Waals surface area (Å²) in [5.74, 6) is 0. The molecule has 1 aromatic rings. The van der Waals surface area contributed by atoms with Gasteiger partial charge in [0.25, 0.3) is 0 Å². The van der Waals surface area contributed by atoms with Crippen LogP contribution in [-0.4, -0.2) is 0 Å². The summed E-state index contributed by atoms with van der Waals surface area (Å²) in [7, 11) is -4.75. The zero-order chi connectivity index (χ0) is 8.97. The lowest BCUT2D eigenvalue weighted by molar-refractivity contribution is 0.744. The highest BCUT2D eigenvalue weighted by Crippen LogP contribution is 2.53. The summed E-state index contributed by atoms with van der Waals surface area (Å²) < 4.78 is 36.8. The molecule has 0 saturated heterocycles. The lowest BCUT2D eigenvalue weighted by Crippen LogP contribution is -1.97. The summed E-state index contributed by atoms with van der Waals surface area (Å²) in [5, 5.41) is 0. The predicted octanol–water partition coefficient (Wildman–Crippen LogP) is 4.14. The maximum absolute atomic E-state index is 12.1. The number of hydrogen-bond donors (Lipinski definition) is 0. The van der Waals surface area contributed by atoms with Crippen molar-refractivity contribution in [1.29, 1.82) is 0 Å². The molecule has 0 aromatic heterocycles. The van der Waals surface area contributed by atoms with Crippen molar-refractivity contribution in [2.45, 2.75) is 0 Å². The zero-order valence-corrected chi connectivity index (χ0v) is 7.81. The molecule has 1 nitrogen and oxygen atoms in total. The highest BCUT2D eigenvalue weighted by Gasteiger charge is 2.18. The van der Waals surface area contributed by atoms with Crippen LogP contribution in [0.5, 0.6) is 0 Å². The van der Waals surface area contributed by atoms with E-state index in [0.717, 1.165) is 0 Å². The number of para-hydroxylation sites is 1. The first kappa shape index (κ1) is 9.76. The Bertz CT molecular complexity index is 231. The van der Waals surface area contributed by atoms with Gasteiger partial charge in [-0.2, -0.15) is 8.39 Å². The van der Waals surface area contributed by atoms with Crippen LogP contribution in [0.15, 0.2) is 30.3 Å². The Morgan fingerprint density at radius 1 is 1.17 bits per heavy atom. The minimum atomic E-state index is -3.37. The van der Waals surface area contributed by atoms with Crippen LogP contribution in [0.4, 0.5) is 18.3 Å². The Morgan fingerprint density at radius 3 is 2.17 bits per heavy atom. The van der Waals surface area contributed by atoms with E-state index in [4.69, 9.17) is 0 Å². The van der Waals surface area contributed by atoms with E-state index in [1.807, 2.05) is 0 Å². The van der Waals surface area contributed by atoms with Crippen LogP contribution in [0, 0.1) is 0 Å². The van der Waals surface area contributed by atoms with E-state index in [1.165, 1.54) is 12.1 Å². The molecule has 0 aliphatic carbocycles. The van der Waals surface area contributed by atoms with Gasteiger partial charge in [0.1, 0.15) is 0 Å². The largest absolute Gasteiger partial charge is 0.378 e. The fourth-order valence-corrected chi connectivity index (χ4v) is 1.52. The highest BCUT2D eigenvalue weighted by atomic mass is 31.2. The van der Waals surface area contributed by atoms with Crippen LogP contribution in [-0.2, 0) is 0 Å². The summed E-state index contributed by atoms with van der Waals surface area (Å²) in [4.78, 5) is 0. The molecule has 1 rings (SSSR count). The molecule has 0 heterocycles. The fraction of sp³-hybridized carbons (Fsp3) is 0. The first-order chi connectivity index (χ1) is 5.75. The normalized spacial score (nSPS) is 11.3. The molecule has 0 bridgehead atoms. The van der Waals surface area contributed by atoms with Gasteiger partial charge >= 0.3 is 8.69 Å². The predicted molar refractivity (Wildman–Crippen MR) is 47.5 cm³/mol. The highest BCUT2D eigenvalue weighted by molar-refractivity contribution is 7.61. The van der Waals surface area contributed by atoms with Gasteiger partial charge in [-0.05, 0) is 12.1 Å². The number of halogens is 3. The van der Waals surface area contributed by atoms with E-state index < -0.39 is 17.7 Å². The SMILES string of the molecule is FPN(c1ccccc1)P(F)F. The zero-order valence-electron chi connectivity index (χ0n) is 5.92. The first-order valence-corrected chi connectivity index (χ1v) is 4.99. The maximum Gasteiger partial charge on any atom is 0.378 e. The number of benzene rings is 1. The van der Waals surface area contributed by atoms with Crippen molar-refractivity contribution < 1.29 is 12.6 Å². The van der Waals surface area contributed by atoms with E-state index in [0.29, 0.717) is 4.44 Å². The van der Waals surface area contributed by atoms with Crippen LogP contribution < -0.4 is 4.44 Å². The topological polar surface area (TPSA) is 3.24 Å². The molecule has 1 unspecified atom stereocenters. The molecule has 1 atom stereocenters. The van der Waals surface area contributed by atoms with Gasteiger partial charge in [0.2, 0.25) is 0 Å². The second-order valence-corrected chi connectivity index (χ2v) is 3.77. The van der Waals surface area contributed by atoms with E-state index in [2.05, 4.69) is 0 Å². The summed E-state index contributed by atoms with van der Waals surface area (Å²) in [6.07, 6.45) is 0. The van der Waals surface area contributed by atoms with Crippen LogP contribution in [0.1, 0.15) is 0 Å². The van der Waals surface area contributed by atoms with Crippen molar-refractivity contribution in [3.8, 4) is 0 Å². The molecule has 0 saturated carbocycles. The molecule has 0 radical (unpaired) electrons. The number of anilines is 1. The molecule has 6 heteroatoms. The average Bonchev–Trinajstić information content (AvgIpc) is 2.07. The van der Waals surface area contributed by atoms with Crippen molar-refractivity contribution in [3.05, 3.63) is 30.3 Å². The molecule has 0 N–H and O–H groups in total. The molecule has 12 heavy (non-hydrogen) atoms. The maximum atomic E-state index is 12.1. The molecular weight excluding hydrogens is 205 g/mol. The lowest BCUT2D eigenvalue weighted by atomic mass is 10.3. The van der Waals surface area contributed by atoms with Gasteiger partial charge in [0.15, 0.2) is 9.04 Å². The van der Waals surface area contributed by atoms with E-state index in [-0.39, 0.29) is 5.69 Å². The molecule has 1 aromatic carbocycles. The molecule has 0 amide bonds. The van der Waals surface area contributed by atoms with Gasteiger partial charge in [-0.25, -0.2) is 4.20 Å². The van der Waals surface area contributed by atoms with E-state index >= 15 is 0 Å². The minimum absolute atomic E-state index is 0.231.